The van der Waals surface area contributed by atoms with E-state index in [4.69, 9.17) is 9.84 Å². The molecule has 0 amide bonds. The fourth-order valence-electron chi connectivity index (χ4n) is 1.12. The number of aliphatic hydroxyl groups excluding tert-OH is 1. The Morgan fingerprint density at radius 2 is 2.24 bits per heavy atom. The Morgan fingerprint density at radius 3 is 2.82 bits per heavy atom. The van der Waals surface area contributed by atoms with Crippen molar-refractivity contribution >= 4 is 5.78 Å². The number of carbonyl (C=O) groups is 1. The Morgan fingerprint density at radius 1 is 1.53 bits per heavy atom. The lowest BCUT2D eigenvalue weighted by Crippen LogP contribution is -2.25. The molecule has 1 aromatic heterocycles. The van der Waals surface area contributed by atoms with Crippen molar-refractivity contribution in [1.29, 1.82) is 0 Å². The van der Waals surface area contributed by atoms with Gasteiger partial charge in [0, 0.05) is 5.41 Å². The SMILES string of the molecule is CC(C)(C)C(=O)COCCn1nncc1CO. The van der Waals surface area contributed by atoms with E-state index in [1.54, 1.807) is 4.68 Å². The number of ether oxygens (including phenoxy) is 1. The van der Waals surface area contributed by atoms with Crippen LogP contribution in [0.3, 0.4) is 0 Å². The van der Waals surface area contributed by atoms with Crippen molar-refractivity contribution in [2.45, 2.75) is 33.9 Å². The lowest BCUT2D eigenvalue weighted by atomic mass is 9.91. The maximum Gasteiger partial charge on any atom is 0.163 e. The first-order chi connectivity index (χ1) is 7.95. The van der Waals surface area contributed by atoms with Gasteiger partial charge in [0.25, 0.3) is 0 Å². The molecular formula is C11H19N3O3. The fraction of sp³-hybridized carbons (Fsp3) is 0.727. The minimum Gasteiger partial charge on any atom is -0.390 e. The minimum absolute atomic E-state index is 0.0680. The molecule has 0 atom stereocenters. The Bertz CT molecular complexity index is 368. The molecule has 0 bridgehead atoms. The van der Waals surface area contributed by atoms with Gasteiger partial charge in [0.15, 0.2) is 5.78 Å². The topological polar surface area (TPSA) is 77.2 Å². The Balaban J connectivity index is 2.27. The van der Waals surface area contributed by atoms with Crippen LogP contribution >= 0.6 is 0 Å². The fourth-order valence-corrected chi connectivity index (χ4v) is 1.12. The monoisotopic (exact) mass is 241 g/mol. The van der Waals surface area contributed by atoms with Gasteiger partial charge in [-0.1, -0.05) is 26.0 Å². The number of aliphatic hydroxyl groups is 1. The Labute approximate surface area is 101 Å². The molecule has 0 aliphatic heterocycles. The predicted octanol–water partition coefficient (Wildman–Crippen LogP) is 0.402. The van der Waals surface area contributed by atoms with E-state index in [1.807, 2.05) is 20.8 Å². The summed E-state index contributed by atoms with van der Waals surface area (Å²) in [4.78, 5) is 11.5. The molecule has 6 nitrogen and oxygen atoms in total. The van der Waals surface area contributed by atoms with E-state index < -0.39 is 0 Å². The highest BCUT2D eigenvalue weighted by Gasteiger charge is 2.20. The summed E-state index contributed by atoms with van der Waals surface area (Å²) in [5.74, 6) is 0.0680. The van der Waals surface area contributed by atoms with Gasteiger partial charge in [-0.05, 0) is 0 Å². The Kier molecular flexibility index (Phi) is 4.77. The molecule has 0 saturated heterocycles. The number of Topliss-reactive ketones (excluding diaryl/α,β-unsaturated/α-hetero) is 1. The average Bonchev–Trinajstić information content (AvgIpc) is 2.70. The molecule has 0 fully saturated rings. The van der Waals surface area contributed by atoms with Crippen LogP contribution in [0.15, 0.2) is 6.20 Å². The summed E-state index contributed by atoms with van der Waals surface area (Å²) in [6.45, 7) is 6.44. The molecule has 96 valence electrons. The molecule has 0 radical (unpaired) electrons. The zero-order valence-electron chi connectivity index (χ0n) is 10.5. The lowest BCUT2D eigenvalue weighted by Gasteiger charge is -2.16. The first-order valence-electron chi connectivity index (χ1n) is 5.54. The molecule has 1 rings (SSSR count). The number of carbonyl (C=O) groups excluding carboxylic acids is 1. The van der Waals surface area contributed by atoms with Crippen molar-refractivity contribution in [1.82, 2.24) is 15.0 Å². The number of hydrogen-bond donors (Lipinski definition) is 1. The number of hydrogen-bond acceptors (Lipinski definition) is 5. The van der Waals surface area contributed by atoms with Crippen LogP contribution in [0, 0.1) is 5.41 Å². The quantitative estimate of drug-likeness (QED) is 0.729. The summed E-state index contributed by atoms with van der Waals surface area (Å²) in [6, 6.07) is 0. The molecule has 1 heterocycles. The van der Waals surface area contributed by atoms with Gasteiger partial charge in [0.1, 0.15) is 6.61 Å². The van der Waals surface area contributed by atoms with Crippen LogP contribution < -0.4 is 0 Å². The lowest BCUT2D eigenvalue weighted by molar-refractivity contribution is -0.131. The normalized spacial score (nSPS) is 11.8. The number of nitrogens with zero attached hydrogens (tertiary/aromatic N) is 3. The summed E-state index contributed by atoms with van der Waals surface area (Å²) in [6.07, 6.45) is 1.50. The second kappa shape index (κ2) is 5.88. The largest absolute Gasteiger partial charge is 0.390 e. The number of aromatic nitrogens is 3. The summed E-state index contributed by atoms with van der Waals surface area (Å²) in [5, 5.41) is 16.4. The summed E-state index contributed by atoms with van der Waals surface area (Å²) in [5.41, 5.74) is 0.263. The van der Waals surface area contributed by atoms with Crippen LogP contribution in [0.4, 0.5) is 0 Å². The third kappa shape index (κ3) is 4.24. The third-order valence-corrected chi connectivity index (χ3v) is 2.38. The first kappa shape index (κ1) is 13.8. The molecule has 1 aromatic rings. The second-order valence-corrected chi connectivity index (χ2v) is 4.83. The van der Waals surface area contributed by atoms with Crippen molar-refractivity contribution in [3.05, 3.63) is 11.9 Å². The van der Waals surface area contributed by atoms with Crippen LogP contribution in [0.25, 0.3) is 0 Å². The molecule has 17 heavy (non-hydrogen) atoms. The molecule has 0 unspecified atom stereocenters. The van der Waals surface area contributed by atoms with E-state index in [1.165, 1.54) is 6.20 Å². The van der Waals surface area contributed by atoms with Crippen LogP contribution in [0.2, 0.25) is 0 Å². The second-order valence-electron chi connectivity index (χ2n) is 4.83. The van der Waals surface area contributed by atoms with Gasteiger partial charge < -0.3 is 9.84 Å². The molecule has 0 aromatic carbocycles. The van der Waals surface area contributed by atoms with Gasteiger partial charge in [-0.3, -0.25) is 4.79 Å². The molecule has 0 saturated carbocycles. The first-order valence-corrected chi connectivity index (χ1v) is 5.54. The number of ketones is 1. The molecule has 0 aliphatic carbocycles. The van der Waals surface area contributed by atoms with Crippen molar-refractivity contribution < 1.29 is 14.6 Å². The molecule has 0 aliphatic rings. The average molecular weight is 241 g/mol. The van der Waals surface area contributed by atoms with Crippen LogP contribution in [0.5, 0.6) is 0 Å². The van der Waals surface area contributed by atoms with E-state index in [0.717, 1.165) is 0 Å². The zero-order valence-corrected chi connectivity index (χ0v) is 10.5. The van der Waals surface area contributed by atoms with E-state index in [2.05, 4.69) is 10.3 Å². The van der Waals surface area contributed by atoms with E-state index in [9.17, 15) is 4.79 Å². The van der Waals surface area contributed by atoms with Gasteiger partial charge in [-0.15, -0.1) is 5.10 Å². The van der Waals surface area contributed by atoms with Gasteiger partial charge >= 0.3 is 0 Å². The zero-order chi connectivity index (χ0) is 12.9. The number of rotatable bonds is 6. The maximum atomic E-state index is 11.5. The highest BCUT2D eigenvalue weighted by Crippen LogP contribution is 2.14. The van der Waals surface area contributed by atoms with Gasteiger partial charge in [-0.2, -0.15) is 0 Å². The highest BCUT2D eigenvalue weighted by atomic mass is 16.5. The van der Waals surface area contributed by atoms with Gasteiger partial charge in [0.2, 0.25) is 0 Å². The van der Waals surface area contributed by atoms with Crippen molar-refractivity contribution in [3.63, 3.8) is 0 Å². The summed E-state index contributed by atoms with van der Waals surface area (Å²) >= 11 is 0. The van der Waals surface area contributed by atoms with Crippen molar-refractivity contribution in [3.8, 4) is 0 Å². The summed E-state index contributed by atoms with van der Waals surface area (Å²) in [7, 11) is 0. The van der Waals surface area contributed by atoms with E-state index >= 15 is 0 Å². The standard InChI is InChI=1S/C11H19N3O3/c1-11(2,3)10(16)8-17-5-4-14-9(7-15)6-12-13-14/h6,15H,4-5,7-8H2,1-3H3. The molecule has 0 spiro atoms. The van der Waals surface area contributed by atoms with Crippen LogP contribution in [-0.4, -0.2) is 39.1 Å². The van der Waals surface area contributed by atoms with E-state index in [0.29, 0.717) is 18.8 Å². The third-order valence-electron chi connectivity index (χ3n) is 2.38. The van der Waals surface area contributed by atoms with Gasteiger partial charge in [0.05, 0.1) is 31.6 Å². The van der Waals surface area contributed by atoms with Crippen LogP contribution in [-0.2, 0) is 22.7 Å². The summed E-state index contributed by atoms with van der Waals surface area (Å²) < 4.78 is 6.83. The van der Waals surface area contributed by atoms with Crippen molar-refractivity contribution in [2.75, 3.05) is 13.2 Å². The molecule has 1 N–H and O–H groups in total. The Hall–Kier alpha value is -1.27. The molecular weight excluding hydrogens is 222 g/mol. The van der Waals surface area contributed by atoms with Gasteiger partial charge in [-0.25, -0.2) is 4.68 Å². The van der Waals surface area contributed by atoms with E-state index in [-0.39, 0.29) is 24.4 Å². The van der Waals surface area contributed by atoms with Crippen LogP contribution in [0.1, 0.15) is 26.5 Å². The highest BCUT2D eigenvalue weighted by molar-refractivity contribution is 5.84. The van der Waals surface area contributed by atoms with Crippen molar-refractivity contribution in [2.24, 2.45) is 5.41 Å². The minimum atomic E-state index is -0.372. The predicted molar refractivity (Wildman–Crippen MR) is 61.2 cm³/mol. The smallest absolute Gasteiger partial charge is 0.163 e. The maximum absolute atomic E-state index is 11.5. The molecule has 6 heteroatoms.